The Morgan fingerprint density at radius 1 is 0.527 bits per heavy atom. The molecule has 0 fully saturated rings. The van der Waals surface area contributed by atoms with Crippen LogP contribution < -0.4 is 34.0 Å². The number of likely N-dealkylation sites (N-methyl/N-ethyl adjacent to an activating group) is 1. The van der Waals surface area contributed by atoms with E-state index in [-0.39, 0.29) is 12.1 Å². The first-order valence-electron chi connectivity index (χ1n) is 40.2. The molecule has 0 unspecified atom stereocenters. The number of ether oxygens (including phenoxy) is 2. The molecule has 1 aliphatic carbocycles. The monoisotopic (exact) mass is 1510 g/mol. The van der Waals surface area contributed by atoms with Gasteiger partial charge >= 0.3 is 5.97 Å². The van der Waals surface area contributed by atoms with Crippen LogP contribution in [-0.4, -0.2) is 139 Å². The summed E-state index contributed by atoms with van der Waals surface area (Å²) in [4.78, 5) is 24.5. The van der Waals surface area contributed by atoms with Crippen LogP contribution in [0.15, 0.2) is 283 Å². The first-order chi connectivity index (χ1) is 54.4. The van der Waals surface area contributed by atoms with Crippen molar-refractivity contribution < 1.29 is 19.4 Å². The number of nitrogens with zero attached hydrogens (tertiary/aromatic N) is 4. The summed E-state index contributed by atoms with van der Waals surface area (Å²) in [7, 11) is 8.38. The van der Waals surface area contributed by atoms with Gasteiger partial charge in [-0.15, -0.1) is 0 Å². The Morgan fingerprint density at radius 2 is 1.02 bits per heavy atom. The SMILES string of the molecule is CC(C)CCN.CC(C)CN.CCOC(=O)[C@@H](N)Cc1ccccc1.CN(C)CCC=C1c2ccccc2CCc2ccccc21.CN(C)CCOC(c1ccccc1)c1ccccc1.NCCc1ccc(O)cc1.NCCc1ccccc1.c1ccc(CC2=NCCC2)cc1.c1ccc2c(CC3=NCCN3)cccc2c1. The van der Waals surface area contributed by atoms with Gasteiger partial charge in [0.1, 0.15) is 23.7 Å². The number of esters is 1. The van der Waals surface area contributed by atoms with E-state index in [1.54, 1.807) is 19.1 Å². The normalized spacial score (nSPS) is 12.4. The second kappa shape index (κ2) is 56.5. The van der Waals surface area contributed by atoms with E-state index in [0.717, 1.165) is 128 Å². The number of hydrogen-bond acceptors (Lipinski definition) is 14. The van der Waals surface area contributed by atoms with Gasteiger partial charge in [0.2, 0.25) is 0 Å². The number of benzene rings is 10. The van der Waals surface area contributed by atoms with Gasteiger partial charge in [0.05, 0.1) is 19.8 Å². The molecule has 0 radical (unpaired) electrons. The molecule has 112 heavy (non-hydrogen) atoms. The lowest BCUT2D eigenvalue weighted by Gasteiger charge is -2.20. The molecule has 0 bridgehead atoms. The smallest absolute Gasteiger partial charge is 0.323 e. The van der Waals surface area contributed by atoms with Crippen molar-refractivity contribution in [2.45, 2.75) is 117 Å². The summed E-state index contributed by atoms with van der Waals surface area (Å²) in [5, 5.41) is 14.9. The number of fused-ring (bicyclic) bond motifs is 3. The standard InChI is InChI=1S/C20H23N.C17H21NO.C14H14N2.C11H15NO2.C11H13N.C8H11NO.C8H11N.C5H13N.C4H11N/c1-21(2)15-7-12-20-18-10-5-3-8-16(18)13-14-17-9-4-6-11-19(17)20;1-18(2)13-14-19-17(15-9-5-3-6-10-15)16-11-7-4-8-12-16;1-2-7-13-11(4-1)5-3-6-12(13)10-14-15-8-9-16-14;1-2-14-11(13)10(12)8-9-6-4-3-5-7-9;1-2-5-10(6-3-1)9-11-7-4-8-12-11;9-6-5-7-1-3-8(10)4-2-7;9-7-6-8-4-2-1-3-5-8;1-5(2)3-4-6;1-4(2)3-5/h3-6,8-12H,7,13-15H2,1-2H3;3-12,17H,13-14H2,1-2H3;1-7H,8-10H2,(H,15,16);3-7,10H,2,8,12H2,1H3;1-3,5-6H,4,7-9H2;1-4,10H,5-6,9H2;1-5H,6-7,9H2;5H,3-4,6H2,1-2H3;4H,3,5H2,1-2H3/t;;;10-;;;;;/m...0...../s1. The lowest BCUT2D eigenvalue weighted by molar-refractivity contribution is -0.144. The number of amidine groups is 1. The van der Waals surface area contributed by atoms with E-state index in [9.17, 15) is 4.79 Å². The van der Waals surface area contributed by atoms with Gasteiger partial charge in [0, 0.05) is 44.7 Å². The van der Waals surface area contributed by atoms with Crippen LogP contribution in [0.4, 0.5) is 0 Å². The summed E-state index contributed by atoms with van der Waals surface area (Å²) in [6.45, 7) is 19.4. The lowest BCUT2D eigenvalue weighted by Crippen LogP contribution is -2.34. The van der Waals surface area contributed by atoms with Crippen LogP contribution in [0.1, 0.15) is 128 Å². The fourth-order valence-corrected chi connectivity index (χ4v) is 12.0. The molecule has 0 aromatic heterocycles. The third-order valence-corrected chi connectivity index (χ3v) is 18.2. The quantitative estimate of drug-likeness (QED) is 0.0280. The number of carbonyl (C=O) groups is 1. The fraction of sp³-hybridized carbons (Fsp3) is 0.357. The predicted octanol–water partition coefficient (Wildman–Crippen LogP) is 17.2. The Bertz CT molecular complexity index is 4080. The molecule has 14 nitrogen and oxygen atoms in total. The van der Waals surface area contributed by atoms with E-state index in [1.807, 2.05) is 72.8 Å². The van der Waals surface area contributed by atoms with Gasteiger partial charge in [0.25, 0.3) is 0 Å². The summed E-state index contributed by atoms with van der Waals surface area (Å²) in [5.74, 6) is 2.53. The number of aryl methyl sites for hydroxylation is 2. The number of aromatic hydroxyl groups is 1. The van der Waals surface area contributed by atoms with E-state index in [1.165, 1.54) is 90.5 Å². The molecule has 0 amide bonds. The number of rotatable bonds is 24. The van der Waals surface area contributed by atoms with Gasteiger partial charge in [-0.25, -0.2) is 0 Å². The van der Waals surface area contributed by atoms with Crippen LogP contribution in [0.5, 0.6) is 5.75 Å². The summed E-state index contributed by atoms with van der Waals surface area (Å²) in [6.07, 6.45) is 13.8. The molecule has 2 heterocycles. The highest BCUT2D eigenvalue weighted by atomic mass is 16.5. The molecule has 3 aliphatic rings. The Morgan fingerprint density at radius 3 is 1.49 bits per heavy atom. The minimum absolute atomic E-state index is 0.0161. The highest BCUT2D eigenvalue weighted by Gasteiger charge is 2.19. The zero-order chi connectivity index (χ0) is 80.8. The molecule has 0 spiro atoms. The van der Waals surface area contributed by atoms with Crippen LogP contribution in [-0.2, 0) is 59.2 Å². The van der Waals surface area contributed by atoms with E-state index in [0.29, 0.717) is 31.2 Å². The van der Waals surface area contributed by atoms with Crippen LogP contribution in [0.3, 0.4) is 0 Å². The van der Waals surface area contributed by atoms with Gasteiger partial charge in [-0.3, -0.25) is 14.8 Å². The zero-order valence-electron chi connectivity index (χ0n) is 68.7. The molecule has 14 heteroatoms. The molecule has 13 rings (SSSR count). The molecule has 598 valence electrons. The Hall–Kier alpha value is -9.71. The second-order valence-electron chi connectivity index (χ2n) is 29.1. The predicted molar refractivity (Wildman–Crippen MR) is 477 cm³/mol. The lowest BCUT2D eigenvalue weighted by atomic mass is 9.93. The van der Waals surface area contributed by atoms with E-state index < -0.39 is 6.04 Å². The first kappa shape index (κ1) is 92.9. The van der Waals surface area contributed by atoms with Crippen molar-refractivity contribution in [2.75, 3.05) is 100 Å². The average molecular weight is 1510 g/mol. The highest BCUT2D eigenvalue weighted by molar-refractivity contribution is 5.93. The van der Waals surface area contributed by atoms with Crippen LogP contribution in [0.2, 0.25) is 0 Å². The largest absolute Gasteiger partial charge is 0.508 e. The van der Waals surface area contributed by atoms with Crippen molar-refractivity contribution in [3.8, 4) is 5.75 Å². The molecule has 0 saturated heterocycles. The Balaban J connectivity index is 0.000000232. The summed E-state index contributed by atoms with van der Waals surface area (Å²) >= 11 is 0. The zero-order valence-corrected chi connectivity index (χ0v) is 68.7. The number of nitrogens with two attached hydrogens (primary N) is 5. The number of carbonyl (C=O) groups excluding carboxylic acids is 1. The third kappa shape index (κ3) is 38.5. The van der Waals surface area contributed by atoms with Crippen molar-refractivity contribution in [1.82, 2.24) is 15.1 Å². The Kier molecular flexibility index (Phi) is 46.9. The van der Waals surface area contributed by atoms with Crippen LogP contribution in [0.25, 0.3) is 16.3 Å². The summed E-state index contributed by atoms with van der Waals surface area (Å²) in [5.41, 5.74) is 44.0. The van der Waals surface area contributed by atoms with Crippen LogP contribution in [0, 0.1) is 11.8 Å². The maximum Gasteiger partial charge on any atom is 0.323 e. The first-order valence-corrected chi connectivity index (χ1v) is 40.2. The third-order valence-electron chi connectivity index (χ3n) is 18.2. The maximum absolute atomic E-state index is 11.2. The number of nitrogens with one attached hydrogen (secondary N) is 1. The number of aliphatic imine (C=N–C) groups is 2. The van der Waals surface area contributed by atoms with E-state index >= 15 is 0 Å². The minimum Gasteiger partial charge on any atom is -0.508 e. The van der Waals surface area contributed by atoms with Gasteiger partial charge < -0.3 is 58.4 Å². The molecule has 12 N–H and O–H groups in total. The van der Waals surface area contributed by atoms with Crippen molar-refractivity contribution in [3.05, 3.63) is 334 Å². The summed E-state index contributed by atoms with van der Waals surface area (Å²) < 4.78 is 10.9. The van der Waals surface area contributed by atoms with E-state index in [2.05, 4.69) is 269 Å². The highest BCUT2D eigenvalue weighted by Crippen LogP contribution is 2.34. The summed E-state index contributed by atoms with van der Waals surface area (Å²) in [6, 6.07) is 90.5. The van der Waals surface area contributed by atoms with Crippen molar-refractivity contribution >= 4 is 33.9 Å². The Labute approximate surface area is 672 Å². The number of hydrogen-bond donors (Lipinski definition) is 7. The van der Waals surface area contributed by atoms with Gasteiger partial charge in [-0.1, -0.05) is 289 Å². The second-order valence-corrected chi connectivity index (χ2v) is 29.1. The molecule has 10 aromatic rings. The van der Waals surface area contributed by atoms with Crippen molar-refractivity contribution in [3.63, 3.8) is 0 Å². The molecular weight excluding hydrogens is 1380 g/mol. The maximum atomic E-state index is 11.2. The fourth-order valence-electron chi connectivity index (χ4n) is 12.0. The molecule has 2 aliphatic heterocycles. The van der Waals surface area contributed by atoms with Gasteiger partial charge in [-0.2, -0.15) is 0 Å². The van der Waals surface area contributed by atoms with E-state index in [4.69, 9.17) is 43.2 Å². The number of phenols is 1. The van der Waals surface area contributed by atoms with Crippen molar-refractivity contribution in [2.24, 2.45) is 50.5 Å². The molecule has 10 aromatic carbocycles. The molecule has 0 saturated carbocycles. The molecular formula is C98H132N10O4. The number of phenolic OH excluding ortho intramolecular Hbond substituents is 1. The van der Waals surface area contributed by atoms with Crippen molar-refractivity contribution in [1.29, 1.82) is 0 Å². The van der Waals surface area contributed by atoms with Gasteiger partial charge in [-0.05, 0) is 221 Å². The molecule has 1 atom stereocenters. The average Bonchev–Trinajstić information content (AvgIpc) is 1.64. The van der Waals surface area contributed by atoms with Gasteiger partial charge in [0.15, 0.2) is 0 Å². The topological polar surface area (TPSA) is 229 Å². The minimum atomic E-state index is -0.558. The van der Waals surface area contributed by atoms with Crippen LogP contribution >= 0.6 is 0 Å².